The summed E-state index contributed by atoms with van der Waals surface area (Å²) in [5, 5.41) is 2.83. The van der Waals surface area contributed by atoms with Crippen molar-refractivity contribution in [1.29, 1.82) is 0 Å². The molecule has 1 unspecified atom stereocenters. The molecule has 1 aromatic rings. The molecular formula is C18H26FN2O3+. The number of methoxy groups -OCH3 is 1. The Morgan fingerprint density at radius 3 is 2.50 bits per heavy atom. The summed E-state index contributed by atoms with van der Waals surface area (Å²) in [6.07, 6.45) is 2.24. The Kier molecular flexibility index (Phi) is 5.59. The highest BCUT2D eigenvalue weighted by Gasteiger charge is 2.40. The number of nitrogens with zero attached hydrogens (tertiary/aromatic N) is 1. The fourth-order valence-corrected chi connectivity index (χ4v) is 3.60. The van der Waals surface area contributed by atoms with Crippen LogP contribution in [0.4, 0.5) is 10.1 Å². The average molecular weight is 337 g/mol. The normalized spacial score (nSPS) is 17.4. The van der Waals surface area contributed by atoms with Crippen LogP contribution < -0.4 is 5.32 Å². The van der Waals surface area contributed by atoms with Gasteiger partial charge in [0.1, 0.15) is 5.82 Å². The van der Waals surface area contributed by atoms with E-state index in [2.05, 4.69) is 12.2 Å². The topological polar surface area (TPSA) is 55.4 Å². The smallest absolute Gasteiger partial charge is 0.340 e. The molecule has 1 fully saturated rings. The number of aryl methyl sites for hydroxylation is 1. The second kappa shape index (κ2) is 7.30. The minimum absolute atomic E-state index is 0.0417. The number of likely N-dealkylation sites (tertiary alicyclic amines) is 1. The molecule has 2 rings (SSSR count). The number of amides is 1. The van der Waals surface area contributed by atoms with Crippen LogP contribution in [0, 0.1) is 12.7 Å². The molecule has 1 saturated heterocycles. The van der Waals surface area contributed by atoms with Gasteiger partial charge in [-0.15, -0.1) is 0 Å². The first kappa shape index (κ1) is 18.4. The molecule has 24 heavy (non-hydrogen) atoms. The van der Waals surface area contributed by atoms with Gasteiger partial charge in [-0.1, -0.05) is 0 Å². The van der Waals surface area contributed by atoms with Crippen LogP contribution in [0.15, 0.2) is 12.1 Å². The lowest BCUT2D eigenvalue weighted by atomic mass is 10.1. The number of likely N-dealkylation sites (N-methyl/N-ethyl adjacent to an activating group) is 1. The number of anilines is 1. The molecule has 1 N–H and O–H groups in total. The standard InChI is InChI=1S/C18H25FN2O3/c1-5-21(8-6-7-9-21)13(3)17(22)20-16-12(2)10-14(19)11-15(16)18(23)24-4/h10-11,13H,5-9H2,1-4H3/p+1. The highest BCUT2D eigenvalue weighted by molar-refractivity contribution is 6.03. The van der Waals surface area contributed by atoms with E-state index < -0.39 is 11.8 Å². The molecule has 1 atom stereocenters. The van der Waals surface area contributed by atoms with E-state index in [1.54, 1.807) is 6.92 Å². The zero-order valence-corrected chi connectivity index (χ0v) is 14.8. The van der Waals surface area contributed by atoms with Crippen molar-refractivity contribution in [3.63, 3.8) is 0 Å². The third-order valence-corrected chi connectivity index (χ3v) is 5.24. The predicted octanol–water partition coefficient (Wildman–Crippen LogP) is 2.88. The number of halogens is 1. The third kappa shape index (κ3) is 3.43. The number of nitrogens with one attached hydrogen (secondary N) is 1. The first-order valence-corrected chi connectivity index (χ1v) is 8.39. The summed E-state index contributed by atoms with van der Waals surface area (Å²) in [5.74, 6) is -1.35. The van der Waals surface area contributed by atoms with Gasteiger partial charge in [0, 0.05) is 12.8 Å². The summed E-state index contributed by atoms with van der Waals surface area (Å²) in [4.78, 5) is 24.7. The maximum atomic E-state index is 13.6. The number of ether oxygens (including phenoxy) is 1. The van der Waals surface area contributed by atoms with Gasteiger partial charge >= 0.3 is 5.97 Å². The van der Waals surface area contributed by atoms with Crippen molar-refractivity contribution < 1.29 is 23.2 Å². The Morgan fingerprint density at radius 1 is 1.33 bits per heavy atom. The van der Waals surface area contributed by atoms with Gasteiger partial charge in [0.2, 0.25) is 0 Å². The lowest BCUT2D eigenvalue weighted by Crippen LogP contribution is -2.56. The number of esters is 1. The Labute approximate surface area is 142 Å². The van der Waals surface area contributed by atoms with E-state index in [0.29, 0.717) is 11.3 Å². The highest BCUT2D eigenvalue weighted by Crippen LogP contribution is 2.27. The molecule has 1 aliphatic heterocycles. The molecule has 0 spiro atoms. The molecule has 0 aliphatic carbocycles. The average Bonchev–Trinajstić information content (AvgIpc) is 3.05. The molecule has 132 valence electrons. The Bertz CT molecular complexity index is 639. The second-order valence-electron chi connectivity index (χ2n) is 6.49. The van der Waals surface area contributed by atoms with Crippen molar-refractivity contribution >= 4 is 17.6 Å². The van der Waals surface area contributed by atoms with Gasteiger partial charge in [0.05, 0.1) is 38.0 Å². The fourth-order valence-electron chi connectivity index (χ4n) is 3.60. The lowest BCUT2D eigenvalue weighted by Gasteiger charge is -2.38. The monoisotopic (exact) mass is 337 g/mol. The highest BCUT2D eigenvalue weighted by atomic mass is 19.1. The summed E-state index contributed by atoms with van der Waals surface area (Å²) in [6.45, 7) is 8.53. The Morgan fingerprint density at radius 2 is 1.96 bits per heavy atom. The number of benzene rings is 1. The van der Waals surface area contributed by atoms with Crippen LogP contribution >= 0.6 is 0 Å². The minimum atomic E-state index is -0.666. The van der Waals surface area contributed by atoms with Crippen molar-refractivity contribution in [2.45, 2.75) is 39.7 Å². The number of hydrogen-bond acceptors (Lipinski definition) is 3. The van der Waals surface area contributed by atoms with E-state index in [1.165, 1.54) is 13.2 Å². The number of rotatable bonds is 5. The zero-order valence-electron chi connectivity index (χ0n) is 14.8. The summed E-state index contributed by atoms with van der Waals surface area (Å²) in [6, 6.07) is 2.17. The van der Waals surface area contributed by atoms with E-state index >= 15 is 0 Å². The molecule has 0 aromatic heterocycles. The number of hydrogen-bond donors (Lipinski definition) is 1. The van der Waals surface area contributed by atoms with Gasteiger partial charge in [0.25, 0.3) is 5.91 Å². The van der Waals surface area contributed by atoms with Crippen molar-refractivity contribution in [2.75, 3.05) is 32.1 Å². The largest absolute Gasteiger partial charge is 0.465 e. The molecule has 5 nitrogen and oxygen atoms in total. The molecule has 1 heterocycles. The number of quaternary nitrogens is 1. The second-order valence-corrected chi connectivity index (χ2v) is 6.49. The fraction of sp³-hybridized carbons (Fsp3) is 0.556. The van der Waals surface area contributed by atoms with E-state index in [0.717, 1.165) is 43.0 Å². The van der Waals surface area contributed by atoms with Gasteiger partial charge in [-0.3, -0.25) is 4.79 Å². The van der Waals surface area contributed by atoms with Crippen LogP contribution in [0.3, 0.4) is 0 Å². The minimum Gasteiger partial charge on any atom is -0.465 e. The SMILES string of the molecule is CC[N+]1(C(C)C(=O)Nc2c(C)cc(F)cc2C(=O)OC)CCCC1. The van der Waals surface area contributed by atoms with Crippen molar-refractivity contribution in [3.05, 3.63) is 29.1 Å². The maximum absolute atomic E-state index is 13.6. The first-order chi connectivity index (χ1) is 11.3. The van der Waals surface area contributed by atoms with Crippen molar-refractivity contribution in [1.82, 2.24) is 0 Å². The summed E-state index contributed by atoms with van der Waals surface area (Å²) < 4.78 is 19.1. The quantitative estimate of drug-likeness (QED) is 0.664. The molecule has 6 heteroatoms. The first-order valence-electron chi connectivity index (χ1n) is 8.39. The Hall–Kier alpha value is -1.95. The summed E-state index contributed by atoms with van der Waals surface area (Å²) in [7, 11) is 1.23. The van der Waals surface area contributed by atoms with E-state index in [4.69, 9.17) is 4.74 Å². The molecular weight excluding hydrogens is 311 g/mol. The van der Waals surface area contributed by atoms with E-state index in [9.17, 15) is 14.0 Å². The van der Waals surface area contributed by atoms with Crippen LogP contribution in [0.5, 0.6) is 0 Å². The number of carbonyl (C=O) groups excluding carboxylic acids is 2. The molecule has 1 aromatic carbocycles. The molecule has 0 saturated carbocycles. The maximum Gasteiger partial charge on any atom is 0.340 e. The number of carbonyl (C=O) groups is 2. The van der Waals surface area contributed by atoms with Crippen LogP contribution in [-0.4, -0.2) is 49.1 Å². The Balaban J connectivity index is 2.30. The zero-order chi connectivity index (χ0) is 17.9. The van der Waals surface area contributed by atoms with Crippen LogP contribution in [0.2, 0.25) is 0 Å². The van der Waals surface area contributed by atoms with Gasteiger partial charge in [0.15, 0.2) is 6.04 Å². The van der Waals surface area contributed by atoms with Gasteiger partial charge in [-0.25, -0.2) is 9.18 Å². The lowest BCUT2D eigenvalue weighted by molar-refractivity contribution is -0.928. The van der Waals surface area contributed by atoms with Gasteiger partial charge in [-0.2, -0.15) is 0 Å². The predicted molar refractivity (Wildman–Crippen MR) is 90.3 cm³/mol. The van der Waals surface area contributed by atoms with Crippen LogP contribution in [0.1, 0.15) is 42.6 Å². The third-order valence-electron chi connectivity index (χ3n) is 5.24. The van der Waals surface area contributed by atoms with E-state index in [1.807, 2.05) is 6.92 Å². The molecule has 0 bridgehead atoms. The molecule has 1 amide bonds. The molecule has 0 radical (unpaired) electrons. The molecule has 1 aliphatic rings. The van der Waals surface area contributed by atoms with Crippen LogP contribution in [0.25, 0.3) is 0 Å². The van der Waals surface area contributed by atoms with E-state index in [-0.39, 0.29) is 17.5 Å². The van der Waals surface area contributed by atoms with Gasteiger partial charge in [-0.05, 0) is 38.5 Å². The van der Waals surface area contributed by atoms with Crippen molar-refractivity contribution in [2.24, 2.45) is 0 Å². The van der Waals surface area contributed by atoms with Gasteiger partial charge < -0.3 is 14.5 Å². The summed E-state index contributed by atoms with van der Waals surface area (Å²) in [5.41, 5.74) is 0.869. The van der Waals surface area contributed by atoms with Crippen molar-refractivity contribution in [3.8, 4) is 0 Å². The summed E-state index contributed by atoms with van der Waals surface area (Å²) >= 11 is 0. The van der Waals surface area contributed by atoms with Crippen LogP contribution in [-0.2, 0) is 9.53 Å².